The Morgan fingerprint density at radius 1 is 1.16 bits per heavy atom. The van der Waals surface area contributed by atoms with Crippen molar-refractivity contribution in [3.63, 3.8) is 0 Å². The van der Waals surface area contributed by atoms with Crippen LogP contribution in [0.1, 0.15) is 39.4 Å². The summed E-state index contributed by atoms with van der Waals surface area (Å²) < 4.78 is 0. The van der Waals surface area contributed by atoms with Crippen LogP contribution in [0.5, 0.6) is 0 Å². The van der Waals surface area contributed by atoms with Crippen LogP contribution < -0.4 is 5.32 Å². The summed E-state index contributed by atoms with van der Waals surface area (Å²) in [6.45, 7) is 9.45. The highest BCUT2D eigenvalue weighted by Gasteiger charge is 2.19. The molecule has 2 aromatic rings. The quantitative estimate of drug-likeness (QED) is 0.834. The molecular weight excluding hydrogens is 274 g/mol. The van der Waals surface area contributed by atoms with Gasteiger partial charge in [0.05, 0.1) is 6.04 Å². The number of hydrogen-bond donors (Lipinski definition) is 1. The lowest BCUT2D eigenvalue weighted by atomic mass is 9.98. The van der Waals surface area contributed by atoms with Gasteiger partial charge in [-0.3, -0.25) is 0 Å². The summed E-state index contributed by atoms with van der Waals surface area (Å²) in [7, 11) is 0. The first kappa shape index (κ1) is 14.6. The zero-order chi connectivity index (χ0) is 14.0. The van der Waals surface area contributed by atoms with Crippen LogP contribution in [0.15, 0.2) is 24.3 Å². The van der Waals surface area contributed by atoms with Crippen LogP contribution >= 0.6 is 22.9 Å². The summed E-state index contributed by atoms with van der Waals surface area (Å²) in [4.78, 5) is 2.71. The molecule has 102 valence electrons. The van der Waals surface area contributed by atoms with Gasteiger partial charge in [0.2, 0.25) is 0 Å². The highest BCUT2D eigenvalue weighted by molar-refractivity contribution is 7.12. The van der Waals surface area contributed by atoms with Gasteiger partial charge in [-0.15, -0.1) is 11.3 Å². The Labute approximate surface area is 124 Å². The molecule has 0 radical (unpaired) electrons. The molecule has 1 aromatic heterocycles. The number of rotatable bonds is 4. The van der Waals surface area contributed by atoms with Crippen molar-refractivity contribution in [3.8, 4) is 0 Å². The lowest BCUT2D eigenvalue weighted by Crippen LogP contribution is -2.22. The Balaban J connectivity index is 2.48. The number of aryl methyl sites for hydroxylation is 3. The molecule has 0 fully saturated rings. The highest BCUT2D eigenvalue weighted by atomic mass is 35.5. The number of nitrogens with one attached hydrogen (secondary N) is 1. The second-order valence-corrected chi connectivity index (χ2v) is 6.75. The Morgan fingerprint density at radius 2 is 1.89 bits per heavy atom. The molecule has 19 heavy (non-hydrogen) atoms. The van der Waals surface area contributed by atoms with Gasteiger partial charge in [0.15, 0.2) is 0 Å². The lowest BCUT2D eigenvalue weighted by molar-refractivity contribution is 0.630. The molecule has 0 saturated carbocycles. The first-order valence-electron chi connectivity index (χ1n) is 6.59. The van der Waals surface area contributed by atoms with Crippen LogP contribution in [0.25, 0.3) is 0 Å². The summed E-state index contributed by atoms with van der Waals surface area (Å²) >= 11 is 8.28. The van der Waals surface area contributed by atoms with Crippen LogP contribution in [0.3, 0.4) is 0 Å². The molecule has 0 amide bonds. The molecule has 1 heterocycles. The minimum atomic E-state index is 0.183. The van der Waals surface area contributed by atoms with E-state index in [9.17, 15) is 0 Å². The van der Waals surface area contributed by atoms with E-state index in [-0.39, 0.29) is 6.04 Å². The van der Waals surface area contributed by atoms with Crippen molar-refractivity contribution in [3.05, 3.63) is 55.7 Å². The van der Waals surface area contributed by atoms with E-state index in [1.54, 1.807) is 0 Å². The first-order chi connectivity index (χ1) is 9.02. The molecular formula is C16H20ClNS. The normalized spacial score (nSPS) is 12.7. The average molecular weight is 294 g/mol. The third kappa shape index (κ3) is 3.19. The van der Waals surface area contributed by atoms with E-state index in [1.165, 1.54) is 20.9 Å². The fourth-order valence-corrected chi connectivity index (χ4v) is 3.70. The zero-order valence-electron chi connectivity index (χ0n) is 11.9. The standard InChI is InChI=1S/C16H20ClNS/c1-5-18-16(14-9-11(3)19-12(14)4)13-7-6-10(2)8-15(13)17/h6-9,16,18H,5H2,1-4H3. The number of benzene rings is 1. The zero-order valence-corrected chi connectivity index (χ0v) is 13.5. The van der Waals surface area contributed by atoms with E-state index < -0.39 is 0 Å². The summed E-state index contributed by atoms with van der Waals surface area (Å²) in [6.07, 6.45) is 0. The topological polar surface area (TPSA) is 12.0 Å². The second kappa shape index (κ2) is 6.08. The largest absolute Gasteiger partial charge is 0.306 e. The monoisotopic (exact) mass is 293 g/mol. The molecule has 0 bridgehead atoms. The summed E-state index contributed by atoms with van der Waals surface area (Å²) in [5, 5.41) is 4.39. The molecule has 2 rings (SSSR count). The molecule has 0 aliphatic carbocycles. The van der Waals surface area contributed by atoms with Gasteiger partial charge in [0.1, 0.15) is 0 Å². The van der Waals surface area contributed by atoms with Gasteiger partial charge in [-0.1, -0.05) is 30.7 Å². The van der Waals surface area contributed by atoms with Gasteiger partial charge in [-0.25, -0.2) is 0 Å². The average Bonchev–Trinajstić information content (AvgIpc) is 2.66. The number of thiophene rings is 1. The van der Waals surface area contributed by atoms with Crippen LogP contribution in [0.4, 0.5) is 0 Å². The number of hydrogen-bond acceptors (Lipinski definition) is 2. The Hall–Kier alpha value is -0.830. The second-order valence-electron chi connectivity index (χ2n) is 4.88. The minimum Gasteiger partial charge on any atom is -0.306 e. The summed E-state index contributed by atoms with van der Waals surface area (Å²) in [5.41, 5.74) is 3.70. The van der Waals surface area contributed by atoms with E-state index in [2.05, 4.69) is 51.2 Å². The minimum absolute atomic E-state index is 0.183. The van der Waals surface area contributed by atoms with Crippen LogP contribution in [0.2, 0.25) is 5.02 Å². The van der Waals surface area contributed by atoms with Crippen molar-refractivity contribution in [1.82, 2.24) is 5.32 Å². The van der Waals surface area contributed by atoms with E-state index in [4.69, 9.17) is 11.6 Å². The van der Waals surface area contributed by atoms with Crippen molar-refractivity contribution in [2.45, 2.75) is 33.7 Å². The molecule has 0 aliphatic rings. The van der Waals surface area contributed by atoms with Crippen LogP contribution in [0, 0.1) is 20.8 Å². The van der Waals surface area contributed by atoms with Gasteiger partial charge in [-0.2, -0.15) is 0 Å². The molecule has 0 aliphatic heterocycles. The van der Waals surface area contributed by atoms with Crippen LogP contribution in [-0.4, -0.2) is 6.54 Å². The summed E-state index contributed by atoms with van der Waals surface area (Å²) in [6, 6.07) is 8.75. The Kier molecular flexibility index (Phi) is 4.67. The van der Waals surface area contributed by atoms with Crippen molar-refractivity contribution in [2.75, 3.05) is 6.54 Å². The predicted molar refractivity (Wildman–Crippen MR) is 85.5 cm³/mol. The molecule has 0 saturated heterocycles. The van der Waals surface area contributed by atoms with Gasteiger partial charge in [0.25, 0.3) is 0 Å². The predicted octanol–water partition coefficient (Wildman–Crippen LogP) is 5.03. The Bertz CT molecular complexity index is 574. The fourth-order valence-electron chi connectivity index (χ4n) is 2.39. The Morgan fingerprint density at radius 3 is 2.42 bits per heavy atom. The van der Waals surface area contributed by atoms with E-state index >= 15 is 0 Å². The molecule has 1 aromatic carbocycles. The molecule has 3 heteroatoms. The third-order valence-electron chi connectivity index (χ3n) is 3.27. The van der Waals surface area contributed by atoms with E-state index in [0.29, 0.717) is 0 Å². The highest BCUT2D eigenvalue weighted by Crippen LogP contribution is 2.34. The SMILES string of the molecule is CCNC(c1ccc(C)cc1Cl)c1cc(C)sc1C. The maximum absolute atomic E-state index is 6.43. The van der Waals surface area contributed by atoms with E-state index in [1.807, 2.05) is 17.4 Å². The third-order valence-corrected chi connectivity index (χ3v) is 4.57. The van der Waals surface area contributed by atoms with Crippen molar-refractivity contribution in [2.24, 2.45) is 0 Å². The van der Waals surface area contributed by atoms with Gasteiger partial charge < -0.3 is 5.32 Å². The van der Waals surface area contributed by atoms with Crippen molar-refractivity contribution >= 4 is 22.9 Å². The molecule has 1 N–H and O–H groups in total. The molecule has 1 unspecified atom stereocenters. The fraction of sp³-hybridized carbons (Fsp3) is 0.375. The molecule has 1 atom stereocenters. The van der Waals surface area contributed by atoms with E-state index in [0.717, 1.165) is 17.1 Å². The first-order valence-corrected chi connectivity index (χ1v) is 7.78. The van der Waals surface area contributed by atoms with Crippen molar-refractivity contribution in [1.29, 1.82) is 0 Å². The number of halogens is 1. The van der Waals surface area contributed by atoms with Crippen molar-refractivity contribution < 1.29 is 0 Å². The smallest absolute Gasteiger partial charge is 0.0602 e. The maximum Gasteiger partial charge on any atom is 0.0602 e. The summed E-state index contributed by atoms with van der Waals surface area (Å²) in [5.74, 6) is 0. The maximum atomic E-state index is 6.43. The van der Waals surface area contributed by atoms with Gasteiger partial charge in [0, 0.05) is 14.8 Å². The molecule has 0 spiro atoms. The van der Waals surface area contributed by atoms with Gasteiger partial charge >= 0.3 is 0 Å². The lowest BCUT2D eigenvalue weighted by Gasteiger charge is -2.20. The van der Waals surface area contributed by atoms with Gasteiger partial charge in [-0.05, 0) is 56.1 Å². The van der Waals surface area contributed by atoms with Crippen LogP contribution in [-0.2, 0) is 0 Å². The molecule has 1 nitrogen and oxygen atoms in total.